The molecule has 3 aromatic rings. The predicted octanol–water partition coefficient (Wildman–Crippen LogP) is 3.50. The molecule has 2 amide bonds. The summed E-state index contributed by atoms with van der Waals surface area (Å²) in [7, 11) is 0. The quantitative estimate of drug-likeness (QED) is 0.590. The van der Waals surface area contributed by atoms with E-state index in [1.807, 2.05) is 24.3 Å². The molecular formula is C23H23ClN4O4. The number of aromatic nitrogens is 2. The van der Waals surface area contributed by atoms with Crippen molar-refractivity contribution in [3.63, 3.8) is 0 Å². The monoisotopic (exact) mass is 454 g/mol. The number of hydrogen-bond acceptors (Lipinski definition) is 6. The van der Waals surface area contributed by atoms with Crippen LogP contribution in [-0.2, 0) is 11.2 Å². The molecule has 2 N–H and O–H groups in total. The second-order valence-electron chi connectivity index (χ2n) is 7.68. The average Bonchev–Trinajstić information content (AvgIpc) is 3.25. The molecule has 1 atom stereocenters. The van der Waals surface area contributed by atoms with Crippen LogP contribution < -0.4 is 5.32 Å². The van der Waals surface area contributed by atoms with E-state index in [0.717, 1.165) is 24.8 Å². The molecule has 1 aliphatic heterocycles. The zero-order valence-electron chi connectivity index (χ0n) is 17.3. The van der Waals surface area contributed by atoms with Gasteiger partial charge in [-0.3, -0.25) is 14.6 Å². The van der Waals surface area contributed by atoms with Gasteiger partial charge in [0.25, 0.3) is 5.91 Å². The number of piperidine rings is 1. The summed E-state index contributed by atoms with van der Waals surface area (Å²) in [6.45, 7) is 0.403. The number of pyridine rings is 1. The lowest BCUT2D eigenvalue weighted by Crippen LogP contribution is -2.44. The van der Waals surface area contributed by atoms with E-state index in [9.17, 15) is 14.7 Å². The van der Waals surface area contributed by atoms with Gasteiger partial charge in [-0.25, -0.2) is 4.98 Å². The number of aromatic hydroxyl groups is 1. The molecule has 0 radical (unpaired) electrons. The van der Waals surface area contributed by atoms with Crippen molar-refractivity contribution >= 4 is 23.4 Å². The maximum Gasteiger partial charge on any atom is 0.253 e. The Morgan fingerprint density at radius 2 is 2.09 bits per heavy atom. The van der Waals surface area contributed by atoms with Crippen LogP contribution >= 0.6 is 11.6 Å². The van der Waals surface area contributed by atoms with E-state index in [4.69, 9.17) is 16.0 Å². The number of benzene rings is 1. The van der Waals surface area contributed by atoms with Crippen molar-refractivity contribution in [2.24, 2.45) is 0 Å². The molecular weight excluding hydrogens is 432 g/mol. The van der Waals surface area contributed by atoms with Crippen LogP contribution in [0.15, 0.2) is 53.3 Å². The Bertz CT molecular complexity index is 1120. The third-order valence-corrected chi connectivity index (χ3v) is 5.57. The third kappa shape index (κ3) is 5.26. The minimum absolute atomic E-state index is 0.113. The normalized spacial score (nSPS) is 16.0. The fourth-order valence-electron chi connectivity index (χ4n) is 3.80. The van der Waals surface area contributed by atoms with Crippen LogP contribution in [0.5, 0.6) is 5.75 Å². The largest absolute Gasteiger partial charge is 0.506 e. The Labute approximate surface area is 190 Å². The summed E-state index contributed by atoms with van der Waals surface area (Å²) in [5.74, 6) is 0.391. The van der Waals surface area contributed by atoms with Gasteiger partial charge in [0.15, 0.2) is 0 Å². The van der Waals surface area contributed by atoms with Crippen molar-refractivity contribution in [2.45, 2.75) is 31.7 Å². The maximum absolute atomic E-state index is 12.9. The number of carbonyl (C=O) groups excluding carboxylic acids is 2. The number of nitrogens with one attached hydrogen (secondary N) is 1. The number of nitrogens with zero attached hydrogens (tertiary/aromatic N) is 3. The minimum Gasteiger partial charge on any atom is -0.506 e. The Morgan fingerprint density at radius 3 is 2.91 bits per heavy atom. The van der Waals surface area contributed by atoms with Crippen LogP contribution in [-0.4, -0.2) is 44.9 Å². The van der Waals surface area contributed by atoms with E-state index in [2.05, 4.69) is 15.3 Å². The molecule has 1 aliphatic rings. The number of hydrogen-bond donors (Lipinski definition) is 2. The number of likely N-dealkylation sites (tertiary alicyclic amines) is 1. The zero-order valence-corrected chi connectivity index (χ0v) is 18.1. The predicted molar refractivity (Wildman–Crippen MR) is 117 cm³/mol. The van der Waals surface area contributed by atoms with Gasteiger partial charge >= 0.3 is 0 Å². The molecule has 1 saturated heterocycles. The fraction of sp³-hybridized carbons (Fsp3) is 0.304. The minimum atomic E-state index is -0.477. The maximum atomic E-state index is 12.9. The second kappa shape index (κ2) is 9.82. The summed E-state index contributed by atoms with van der Waals surface area (Å²) < 4.78 is 5.98. The molecule has 0 bridgehead atoms. The van der Waals surface area contributed by atoms with E-state index in [1.54, 1.807) is 11.1 Å². The van der Waals surface area contributed by atoms with Gasteiger partial charge in [0.1, 0.15) is 17.6 Å². The smallest absolute Gasteiger partial charge is 0.253 e. The summed E-state index contributed by atoms with van der Waals surface area (Å²) in [6.07, 6.45) is 7.39. The SMILES string of the molecule is O=C(NCC(=O)N1CCCCC1c1ncc(Cc2cccc(Cl)c2)o1)c1cncc(O)c1. The average molecular weight is 455 g/mol. The van der Waals surface area contributed by atoms with E-state index >= 15 is 0 Å². The summed E-state index contributed by atoms with van der Waals surface area (Å²) in [5.41, 5.74) is 1.20. The topological polar surface area (TPSA) is 109 Å². The lowest BCUT2D eigenvalue weighted by Gasteiger charge is -2.33. The molecule has 8 nitrogen and oxygen atoms in total. The number of halogens is 1. The van der Waals surface area contributed by atoms with Gasteiger partial charge in [-0.15, -0.1) is 0 Å². The molecule has 1 aromatic carbocycles. The number of oxazole rings is 1. The van der Waals surface area contributed by atoms with E-state index < -0.39 is 5.91 Å². The Kier molecular flexibility index (Phi) is 6.70. The van der Waals surface area contributed by atoms with Crippen LogP contribution in [0, 0.1) is 0 Å². The highest BCUT2D eigenvalue weighted by Crippen LogP contribution is 2.31. The van der Waals surface area contributed by atoms with Gasteiger partial charge in [-0.2, -0.15) is 0 Å². The van der Waals surface area contributed by atoms with E-state index in [0.29, 0.717) is 29.6 Å². The van der Waals surface area contributed by atoms with Gasteiger partial charge in [-0.05, 0) is 43.0 Å². The number of amides is 2. The summed E-state index contributed by atoms with van der Waals surface area (Å²) >= 11 is 6.05. The molecule has 1 unspecified atom stereocenters. The Morgan fingerprint density at radius 1 is 1.22 bits per heavy atom. The molecule has 3 heterocycles. The lowest BCUT2D eigenvalue weighted by atomic mass is 10.0. The number of rotatable bonds is 6. The van der Waals surface area contributed by atoms with Crippen LogP contribution in [0.1, 0.15) is 52.9 Å². The van der Waals surface area contributed by atoms with Gasteiger partial charge < -0.3 is 19.7 Å². The first-order valence-electron chi connectivity index (χ1n) is 10.4. The molecule has 0 spiro atoms. The first kappa shape index (κ1) is 21.8. The van der Waals surface area contributed by atoms with Gasteiger partial charge in [0.05, 0.1) is 24.5 Å². The third-order valence-electron chi connectivity index (χ3n) is 5.33. The molecule has 9 heteroatoms. The first-order valence-corrected chi connectivity index (χ1v) is 10.8. The van der Waals surface area contributed by atoms with Crippen LogP contribution in [0.25, 0.3) is 0 Å². The highest BCUT2D eigenvalue weighted by Gasteiger charge is 2.31. The second-order valence-corrected chi connectivity index (χ2v) is 8.12. The Balaban J connectivity index is 1.40. The fourth-order valence-corrected chi connectivity index (χ4v) is 4.02. The lowest BCUT2D eigenvalue weighted by molar-refractivity contribution is -0.134. The molecule has 0 aliphatic carbocycles. The molecule has 32 heavy (non-hydrogen) atoms. The van der Waals surface area contributed by atoms with Gasteiger partial charge in [0, 0.05) is 24.2 Å². The van der Waals surface area contributed by atoms with Crippen molar-refractivity contribution < 1.29 is 19.1 Å². The zero-order chi connectivity index (χ0) is 22.5. The Hall–Kier alpha value is -3.39. The molecule has 2 aromatic heterocycles. The van der Waals surface area contributed by atoms with Crippen LogP contribution in [0.3, 0.4) is 0 Å². The molecule has 1 fully saturated rings. The molecule has 4 rings (SSSR count). The first-order chi connectivity index (χ1) is 15.5. The standard InChI is InChI=1S/C23H23ClN4O4/c24-17-5-3-4-15(8-17)9-19-13-27-23(32-19)20-6-1-2-7-28(20)21(30)14-26-22(31)16-10-18(29)12-25-11-16/h3-5,8,10-13,20,29H,1-2,6-7,9,14H2,(H,26,31). The van der Waals surface area contributed by atoms with Gasteiger partial charge in [0.2, 0.25) is 11.8 Å². The van der Waals surface area contributed by atoms with Crippen molar-refractivity contribution in [2.75, 3.05) is 13.1 Å². The van der Waals surface area contributed by atoms with E-state index in [-0.39, 0.29) is 29.8 Å². The summed E-state index contributed by atoms with van der Waals surface area (Å²) in [4.78, 5) is 35.1. The van der Waals surface area contributed by atoms with Crippen molar-refractivity contribution in [3.05, 3.63) is 76.7 Å². The summed E-state index contributed by atoms with van der Waals surface area (Å²) in [6, 6.07) is 8.57. The number of carbonyl (C=O) groups is 2. The van der Waals surface area contributed by atoms with Crippen LogP contribution in [0.4, 0.5) is 0 Å². The van der Waals surface area contributed by atoms with Gasteiger partial charge in [-0.1, -0.05) is 23.7 Å². The van der Waals surface area contributed by atoms with Crippen LogP contribution in [0.2, 0.25) is 5.02 Å². The summed E-state index contributed by atoms with van der Waals surface area (Å²) in [5, 5.41) is 12.7. The molecule has 166 valence electrons. The van der Waals surface area contributed by atoms with Crippen molar-refractivity contribution in [3.8, 4) is 5.75 Å². The highest BCUT2D eigenvalue weighted by atomic mass is 35.5. The molecule has 0 saturated carbocycles. The highest BCUT2D eigenvalue weighted by molar-refractivity contribution is 6.30. The van der Waals surface area contributed by atoms with Crippen molar-refractivity contribution in [1.82, 2.24) is 20.2 Å². The van der Waals surface area contributed by atoms with E-state index in [1.165, 1.54) is 18.5 Å². The van der Waals surface area contributed by atoms with Crippen molar-refractivity contribution in [1.29, 1.82) is 0 Å².